The van der Waals surface area contributed by atoms with Crippen molar-refractivity contribution in [2.75, 3.05) is 13.2 Å². The zero-order valence-corrected chi connectivity index (χ0v) is 13.2. The quantitative estimate of drug-likeness (QED) is 0.673. The molecule has 0 saturated carbocycles. The highest BCUT2D eigenvalue weighted by molar-refractivity contribution is 6.33. The lowest BCUT2D eigenvalue weighted by molar-refractivity contribution is 0.0813. The Balaban J connectivity index is 1.74. The first-order chi connectivity index (χ1) is 11.3. The van der Waals surface area contributed by atoms with Gasteiger partial charge in [0.2, 0.25) is 0 Å². The zero-order chi connectivity index (χ0) is 16.1. The first-order valence-corrected chi connectivity index (χ1v) is 7.73. The topological polar surface area (TPSA) is 73.1 Å². The van der Waals surface area contributed by atoms with Gasteiger partial charge in [-0.05, 0) is 12.0 Å². The molecule has 0 radical (unpaired) electrons. The molecule has 7 heteroatoms. The Hall–Kier alpha value is -2.02. The van der Waals surface area contributed by atoms with Crippen molar-refractivity contribution in [1.29, 1.82) is 0 Å². The molecule has 0 amide bonds. The normalized spacial score (nSPS) is 12.6. The predicted octanol–water partition coefficient (Wildman–Crippen LogP) is 2.62. The minimum absolute atomic E-state index is 0.0534. The Kier molecular flexibility index (Phi) is 5.17. The Bertz CT molecular complexity index is 763. The average Bonchev–Trinajstić information content (AvgIpc) is 3.00. The number of imidazole rings is 1. The van der Waals surface area contributed by atoms with Crippen LogP contribution in [0.3, 0.4) is 0 Å². The van der Waals surface area contributed by atoms with Gasteiger partial charge in [-0.15, -0.1) is 0 Å². The third-order valence-corrected chi connectivity index (χ3v) is 3.87. The van der Waals surface area contributed by atoms with Crippen LogP contribution >= 0.6 is 11.6 Å². The van der Waals surface area contributed by atoms with Crippen LogP contribution in [0.2, 0.25) is 5.15 Å². The molecular formula is C16H17ClN4O2. The smallest absolute Gasteiger partial charge is 0.165 e. The number of aliphatic hydroxyl groups excluding tert-OH is 1. The molecule has 0 aliphatic carbocycles. The molecule has 2 heterocycles. The number of aromatic nitrogens is 4. The number of ether oxygens (including phenoxy) is 1. The molecule has 1 N–H and O–H groups in total. The summed E-state index contributed by atoms with van der Waals surface area (Å²) in [5, 5.41) is 9.65. The Morgan fingerprint density at radius 1 is 1.17 bits per heavy atom. The van der Waals surface area contributed by atoms with Crippen molar-refractivity contribution in [3.8, 4) is 0 Å². The Labute approximate surface area is 138 Å². The molecule has 0 saturated heterocycles. The zero-order valence-electron chi connectivity index (χ0n) is 12.5. The van der Waals surface area contributed by atoms with E-state index < -0.39 is 0 Å². The first kappa shape index (κ1) is 15.9. The second kappa shape index (κ2) is 7.50. The van der Waals surface area contributed by atoms with Crippen molar-refractivity contribution in [1.82, 2.24) is 19.5 Å². The lowest BCUT2D eigenvalue weighted by Crippen LogP contribution is -2.17. The van der Waals surface area contributed by atoms with E-state index in [1.54, 1.807) is 6.33 Å². The van der Waals surface area contributed by atoms with E-state index in [4.69, 9.17) is 16.3 Å². The van der Waals surface area contributed by atoms with E-state index >= 15 is 0 Å². The third-order valence-electron chi connectivity index (χ3n) is 3.59. The van der Waals surface area contributed by atoms with Crippen LogP contribution in [0.5, 0.6) is 0 Å². The number of nitrogens with zero attached hydrogens (tertiary/aromatic N) is 4. The van der Waals surface area contributed by atoms with Crippen molar-refractivity contribution in [2.45, 2.75) is 19.1 Å². The van der Waals surface area contributed by atoms with Gasteiger partial charge >= 0.3 is 0 Å². The summed E-state index contributed by atoms with van der Waals surface area (Å²) in [7, 11) is 0. The molecule has 23 heavy (non-hydrogen) atoms. The van der Waals surface area contributed by atoms with Crippen molar-refractivity contribution < 1.29 is 9.84 Å². The molecule has 120 valence electrons. The maximum absolute atomic E-state index is 9.33. The maximum Gasteiger partial charge on any atom is 0.165 e. The number of benzene rings is 1. The molecule has 1 atom stereocenters. The van der Waals surface area contributed by atoms with E-state index in [1.807, 2.05) is 34.9 Å². The second-order valence-electron chi connectivity index (χ2n) is 5.16. The number of fused-ring (bicyclic) bond motifs is 1. The molecule has 1 aromatic carbocycles. The molecule has 1 unspecified atom stereocenters. The number of hydrogen-bond donors (Lipinski definition) is 1. The summed E-state index contributed by atoms with van der Waals surface area (Å²) in [5.41, 5.74) is 2.31. The SMILES string of the molecule is OCCC(COCc1ccccc1)n1cnc2c(Cl)ncnc21. The average molecular weight is 333 g/mol. The van der Waals surface area contributed by atoms with Crippen molar-refractivity contribution in [3.05, 3.63) is 53.7 Å². The summed E-state index contributed by atoms with van der Waals surface area (Å²) in [6, 6.07) is 9.89. The Morgan fingerprint density at radius 3 is 2.78 bits per heavy atom. The maximum atomic E-state index is 9.33. The molecular weight excluding hydrogens is 316 g/mol. The van der Waals surface area contributed by atoms with E-state index in [0.29, 0.717) is 36.0 Å². The standard InChI is InChI=1S/C16H17ClN4O2/c17-15-14-16(19-10-18-15)21(11-20-14)13(6-7-22)9-23-8-12-4-2-1-3-5-12/h1-5,10-11,13,22H,6-9H2. The van der Waals surface area contributed by atoms with Gasteiger partial charge in [-0.2, -0.15) is 0 Å². The van der Waals surface area contributed by atoms with Gasteiger partial charge in [0.1, 0.15) is 11.8 Å². The molecule has 0 spiro atoms. The summed E-state index contributed by atoms with van der Waals surface area (Å²) in [6.07, 6.45) is 3.61. The molecule has 0 aliphatic heterocycles. The van der Waals surface area contributed by atoms with Crippen LogP contribution in [0, 0.1) is 0 Å². The lowest BCUT2D eigenvalue weighted by atomic mass is 10.2. The van der Waals surface area contributed by atoms with Crippen LogP contribution in [0.1, 0.15) is 18.0 Å². The summed E-state index contributed by atoms with van der Waals surface area (Å²) in [6.45, 7) is 1.02. The minimum atomic E-state index is -0.0697. The fraction of sp³-hybridized carbons (Fsp3) is 0.312. The first-order valence-electron chi connectivity index (χ1n) is 7.35. The molecule has 0 fully saturated rings. The monoisotopic (exact) mass is 332 g/mol. The second-order valence-corrected chi connectivity index (χ2v) is 5.51. The number of halogens is 1. The van der Waals surface area contributed by atoms with Gasteiger partial charge in [0.25, 0.3) is 0 Å². The van der Waals surface area contributed by atoms with Gasteiger partial charge in [-0.1, -0.05) is 41.9 Å². The molecule has 6 nitrogen and oxygen atoms in total. The summed E-state index contributed by atoms with van der Waals surface area (Å²) in [5.74, 6) is 0. The van der Waals surface area contributed by atoms with Crippen LogP contribution in [0.15, 0.2) is 43.0 Å². The summed E-state index contributed by atoms with van der Waals surface area (Å²) >= 11 is 6.03. The van der Waals surface area contributed by atoms with Crippen LogP contribution in [0.4, 0.5) is 0 Å². The van der Waals surface area contributed by atoms with Gasteiger partial charge in [0, 0.05) is 6.61 Å². The summed E-state index contributed by atoms with van der Waals surface area (Å²) in [4.78, 5) is 12.4. The van der Waals surface area contributed by atoms with Crippen molar-refractivity contribution in [2.24, 2.45) is 0 Å². The van der Waals surface area contributed by atoms with Gasteiger partial charge in [0.15, 0.2) is 10.8 Å². The molecule has 2 aromatic heterocycles. The largest absolute Gasteiger partial charge is 0.396 e. The molecule has 3 aromatic rings. The van der Waals surface area contributed by atoms with Crippen LogP contribution in [0.25, 0.3) is 11.2 Å². The number of rotatable bonds is 7. The Morgan fingerprint density at radius 2 is 2.00 bits per heavy atom. The van der Waals surface area contributed by atoms with E-state index in [-0.39, 0.29) is 12.6 Å². The third kappa shape index (κ3) is 3.67. The van der Waals surface area contributed by atoms with Gasteiger partial charge in [-0.25, -0.2) is 15.0 Å². The highest BCUT2D eigenvalue weighted by atomic mass is 35.5. The lowest BCUT2D eigenvalue weighted by Gasteiger charge is -2.18. The van der Waals surface area contributed by atoms with Gasteiger partial charge < -0.3 is 14.4 Å². The van der Waals surface area contributed by atoms with E-state index in [9.17, 15) is 5.11 Å². The fourth-order valence-corrected chi connectivity index (χ4v) is 2.61. The molecule has 0 bridgehead atoms. The predicted molar refractivity (Wildman–Crippen MR) is 87.2 cm³/mol. The number of aliphatic hydroxyl groups is 1. The summed E-state index contributed by atoms with van der Waals surface area (Å²) < 4.78 is 7.68. The van der Waals surface area contributed by atoms with Crippen LogP contribution in [-0.2, 0) is 11.3 Å². The van der Waals surface area contributed by atoms with E-state index in [1.165, 1.54) is 6.33 Å². The van der Waals surface area contributed by atoms with E-state index in [0.717, 1.165) is 5.56 Å². The number of hydrogen-bond acceptors (Lipinski definition) is 5. The highest BCUT2D eigenvalue weighted by Crippen LogP contribution is 2.22. The highest BCUT2D eigenvalue weighted by Gasteiger charge is 2.16. The van der Waals surface area contributed by atoms with Crippen molar-refractivity contribution in [3.63, 3.8) is 0 Å². The van der Waals surface area contributed by atoms with E-state index in [2.05, 4.69) is 15.0 Å². The van der Waals surface area contributed by atoms with Crippen LogP contribution in [-0.4, -0.2) is 37.8 Å². The minimum Gasteiger partial charge on any atom is -0.396 e. The fourth-order valence-electron chi connectivity index (χ4n) is 2.43. The molecule has 0 aliphatic rings. The van der Waals surface area contributed by atoms with Crippen LogP contribution < -0.4 is 0 Å². The van der Waals surface area contributed by atoms with Crippen molar-refractivity contribution >= 4 is 22.8 Å². The van der Waals surface area contributed by atoms with Gasteiger partial charge in [0.05, 0.1) is 25.6 Å². The molecule has 3 rings (SSSR count). The van der Waals surface area contributed by atoms with Gasteiger partial charge in [-0.3, -0.25) is 0 Å².